The number of thioether (sulfide) groups is 1. The van der Waals surface area contributed by atoms with Crippen molar-refractivity contribution in [3.63, 3.8) is 0 Å². The molecule has 17 amide bonds. The van der Waals surface area contributed by atoms with E-state index in [1.54, 1.807) is 73.8 Å². The second kappa shape index (κ2) is 64.2. The Hall–Kier alpha value is -12.9. The molecule has 0 aromatic rings. The average molecular weight is 1980 g/mol. The van der Waals surface area contributed by atoms with Crippen LogP contribution < -0.4 is 135 Å². The quantitative estimate of drug-likeness (QED) is 0.0118. The minimum absolute atomic E-state index is 0.000425. The fourth-order valence-electron chi connectivity index (χ4n) is 14.2. The molecule has 0 unspecified atom stereocenters. The first kappa shape index (κ1) is 123. The highest BCUT2D eigenvalue weighted by Gasteiger charge is 2.44. The van der Waals surface area contributed by atoms with Gasteiger partial charge in [0.25, 0.3) is 0 Å². The molecular formula is C87H155N29O21S. The summed E-state index contributed by atoms with van der Waals surface area (Å²) < 4.78 is 0. The summed E-state index contributed by atoms with van der Waals surface area (Å²) in [7, 11) is 0. The number of carboxylic acid groups (broad SMARTS) is 2. The van der Waals surface area contributed by atoms with Crippen molar-refractivity contribution in [1.29, 1.82) is 21.6 Å². The number of allylic oxidation sites excluding steroid dienone is 2. The molecule has 0 saturated heterocycles. The molecule has 1 heterocycles. The van der Waals surface area contributed by atoms with Gasteiger partial charge in [0.05, 0.1) is 6.42 Å². The largest absolute Gasteiger partial charge is 0.481 e. The molecule has 780 valence electrons. The van der Waals surface area contributed by atoms with Gasteiger partial charge in [-0.15, -0.1) is 0 Å². The van der Waals surface area contributed by atoms with E-state index in [1.165, 1.54) is 46.4 Å². The Balaban J connectivity index is 3.95. The van der Waals surface area contributed by atoms with Crippen molar-refractivity contribution in [1.82, 2.24) is 106 Å². The van der Waals surface area contributed by atoms with Gasteiger partial charge in [-0.25, -0.2) is 4.79 Å². The smallest absolute Gasteiger partial charge is 0.326 e. The number of amides is 17. The molecule has 138 heavy (non-hydrogen) atoms. The number of guanidine groups is 4. The second-order valence-corrected chi connectivity index (χ2v) is 37.1. The number of nitrogens with one attached hydrogen (secondary N) is 24. The third kappa shape index (κ3) is 50.3. The lowest BCUT2D eigenvalue weighted by molar-refractivity contribution is -0.143. The van der Waals surface area contributed by atoms with Crippen LogP contribution in [0.3, 0.4) is 0 Å². The van der Waals surface area contributed by atoms with Gasteiger partial charge in [0, 0.05) is 52.5 Å². The summed E-state index contributed by atoms with van der Waals surface area (Å²) in [5, 5.41) is 102. The van der Waals surface area contributed by atoms with Crippen molar-refractivity contribution in [2.45, 2.75) is 327 Å². The zero-order valence-corrected chi connectivity index (χ0v) is 82.7. The molecule has 1 aliphatic heterocycles. The number of carbonyl (C=O) groups excluding carboxylic acids is 17. The van der Waals surface area contributed by atoms with E-state index in [9.17, 15) is 91.7 Å². The minimum atomic E-state index is -1.90. The molecule has 0 aliphatic carbocycles. The maximum atomic E-state index is 15.2. The van der Waals surface area contributed by atoms with Crippen molar-refractivity contribution < 1.29 is 101 Å². The lowest BCUT2D eigenvalue weighted by Crippen LogP contribution is -2.65. The van der Waals surface area contributed by atoms with Crippen LogP contribution in [0.25, 0.3) is 0 Å². The predicted octanol–water partition coefficient (Wildman–Crippen LogP) is -4.67. The Morgan fingerprint density at radius 3 is 1.31 bits per heavy atom. The van der Waals surface area contributed by atoms with Gasteiger partial charge in [-0.3, -0.25) is 108 Å². The number of carboxylic acids is 2. The van der Waals surface area contributed by atoms with E-state index in [0.717, 1.165) is 0 Å². The van der Waals surface area contributed by atoms with E-state index in [2.05, 4.69) is 106 Å². The molecule has 1 aliphatic rings. The van der Waals surface area contributed by atoms with Crippen LogP contribution in [0.5, 0.6) is 0 Å². The fraction of sp³-hybridized carbons (Fsp3) is 0.713. The van der Waals surface area contributed by atoms with Crippen molar-refractivity contribution in [2.75, 3.05) is 44.7 Å². The molecule has 0 spiro atoms. The van der Waals surface area contributed by atoms with Crippen LogP contribution in [0.4, 0.5) is 0 Å². The van der Waals surface area contributed by atoms with E-state index in [4.69, 9.17) is 50.3 Å². The highest BCUT2D eigenvalue weighted by Crippen LogP contribution is 2.23. The summed E-state index contributed by atoms with van der Waals surface area (Å²) in [5.74, 6) is -21.1. The second-order valence-electron chi connectivity index (χ2n) is 36.1. The Morgan fingerprint density at radius 1 is 0.464 bits per heavy atom. The van der Waals surface area contributed by atoms with E-state index in [1.807, 2.05) is 0 Å². The SMILES string of the molecule is CC[C@H](C)[C@H](NC(=O)[C@H](CCCNC(=N)N)NC(=O)[C@H](CCCNC(=N)N)NC(=O)CCNC(C)=O)C(=O)N[C@]1(C)CCC/C=C\CCC[C@](C)(C(=O)N[C@@H](C)C(=O)N[C@@H](C)C(=O)N[C@@H](CC(N)=O)C(=O)N[C@@H](CCCNC(=N)N)C(=O)N[C@@H](CC(C)C)C(=O)N[C@@H](CCC(=O)O)C(=O)N[C@@H](CCCNC(=N)N)C(=O)O)NC(=O)[C@H](CC(C)C)NC(=O)[C@H](CC(C)C)NC(=O)[C@H](CCSC)NC1=O. The molecule has 0 fully saturated rings. The lowest BCUT2D eigenvalue weighted by Gasteiger charge is -2.35. The predicted molar refractivity (Wildman–Crippen MR) is 515 cm³/mol. The lowest BCUT2D eigenvalue weighted by atomic mass is 9.90. The molecule has 16 atom stereocenters. The zero-order chi connectivity index (χ0) is 105. The van der Waals surface area contributed by atoms with Crippen molar-refractivity contribution in [3.05, 3.63) is 12.2 Å². The summed E-state index contributed by atoms with van der Waals surface area (Å²) in [6.45, 7) is 20.6. The topological polar surface area (TPSA) is 831 Å². The van der Waals surface area contributed by atoms with E-state index >= 15 is 9.59 Å². The maximum absolute atomic E-state index is 15.2. The molecule has 50 nitrogen and oxygen atoms in total. The standard InChI is InChI=1S/C87H155N29O21S/c1-15-49(8)66(114-73(128)55(28-24-38-100-84(93)94)105-69(124)53(26-22-36-98-82(89)90)104-64(119)32-40-97-52(11)117)78(133)116-87(13)35-21-19-17-16-18-20-34-86(12,115-77(132)61(44-48(6)7)112-75(130)60(43-47(4)5)111-72(127)57(33-41-138-14)113-81(87)137)80(136)103-51(10)67(122)102-50(9)68(123)109-62(45-63(88)118)76(131)106-54(27-23-37-99-83(91)92)70(125)110-59(42-46(2)3)74(129)107-56(30-31-65(120)121)71(126)108-58(79(134)135)29-25-39-101-85(95)96/h16-17,46-51,53-62,66H,15,18-45H2,1-14H3,(H2,88,118)(H,97,117)(H,102,122)(H,103,136)(H,104,119)(H,105,124)(H,106,131)(H,107,129)(H,108,126)(H,109,123)(H,110,125)(H,111,127)(H,112,130)(H,113,137)(H,114,128)(H,115,132)(H,116,133)(H,120,121)(H,134,135)(H4,89,90,98)(H4,91,92,99)(H4,93,94,100)(H4,95,96,101)/b17-16-/t49-,50-,51-,53-,54-,55-,56-,57-,58-,59-,60-,61-,62-,66-,86+,87+/m0/s1. The van der Waals surface area contributed by atoms with Crippen molar-refractivity contribution >= 4 is 148 Å². The van der Waals surface area contributed by atoms with Gasteiger partial charge < -0.3 is 145 Å². The molecule has 1 rings (SSSR count). The third-order valence-electron chi connectivity index (χ3n) is 22.1. The van der Waals surface area contributed by atoms with E-state index in [-0.39, 0.29) is 191 Å². The highest BCUT2D eigenvalue weighted by molar-refractivity contribution is 7.98. The first-order valence-corrected chi connectivity index (χ1v) is 48.0. The van der Waals surface area contributed by atoms with Crippen molar-refractivity contribution in [3.8, 4) is 0 Å². The molecule has 0 saturated carbocycles. The number of primary amides is 1. The zero-order valence-electron chi connectivity index (χ0n) is 81.9. The Labute approximate surface area is 810 Å². The number of nitrogens with two attached hydrogens (primary N) is 5. The van der Waals surface area contributed by atoms with Crippen LogP contribution in [0.1, 0.15) is 238 Å². The minimum Gasteiger partial charge on any atom is -0.481 e. The van der Waals surface area contributed by atoms with Crippen LogP contribution in [-0.2, 0) is 91.1 Å². The average Bonchev–Trinajstić information content (AvgIpc) is 0.831. The van der Waals surface area contributed by atoms with Crippen LogP contribution in [0, 0.1) is 45.3 Å². The number of hydrogen-bond donors (Lipinski definition) is 31. The van der Waals surface area contributed by atoms with E-state index < -0.39 is 239 Å². The summed E-state index contributed by atoms with van der Waals surface area (Å²) in [6.07, 6.45) is 3.54. The Kier molecular flexibility index (Phi) is 57.3. The summed E-state index contributed by atoms with van der Waals surface area (Å²) >= 11 is 1.35. The third-order valence-corrected chi connectivity index (χ3v) is 22.8. The van der Waals surface area contributed by atoms with Gasteiger partial charge in [0.2, 0.25) is 100 Å². The monoisotopic (exact) mass is 1970 g/mol. The number of aliphatic carboxylic acids is 2. The van der Waals surface area contributed by atoms with Crippen LogP contribution in [0.15, 0.2) is 12.2 Å². The van der Waals surface area contributed by atoms with Gasteiger partial charge in [0.15, 0.2) is 23.8 Å². The highest BCUT2D eigenvalue weighted by atomic mass is 32.2. The van der Waals surface area contributed by atoms with Gasteiger partial charge in [-0.1, -0.05) is 74.0 Å². The Bertz CT molecular complexity index is 4180. The molecular weight excluding hydrogens is 1820 g/mol. The summed E-state index contributed by atoms with van der Waals surface area (Å²) in [5.41, 5.74) is 23.6. The van der Waals surface area contributed by atoms with Gasteiger partial charge in [-0.05, 0) is 185 Å². The molecule has 0 aromatic heterocycles. The normalized spacial score (nSPS) is 19.3. The van der Waals surface area contributed by atoms with Crippen LogP contribution in [-0.4, -0.2) is 281 Å². The molecule has 0 bridgehead atoms. The first-order chi connectivity index (χ1) is 64.6. The van der Waals surface area contributed by atoms with Crippen LogP contribution in [0.2, 0.25) is 0 Å². The molecule has 51 heteroatoms. The number of rotatable bonds is 57. The van der Waals surface area contributed by atoms with Gasteiger partial charge in [-0.2, -0.15) is 11.8 Å². The number of hydrogen-bond acceptors (Lipinski definition) is 24. The van der Waals surface area contributed by atoms with E-state index in [0.29, 0.717) is 5.75 Å². The molecule has 0 aromatic carbocycles. The number of carbonyl (C=O) groups is 19. The first-order valence-electron chi connectivity index (χ1n) is 46.6. The fourth-order valence-corrected chi connectivity index (χ4v) is 14.7. The maximum Gasteiger partial charge on any atom is 0.326 e. The summed E-state index contributed by atoms with van der Waals surface area (Å²) in [6, 6.07) is -19.6. The van der Waals surface area contributed by atoms with Gasteiger partial charge >= 0.3 is 11.9 Å². The molecule has 36 N–H and O–H groups in total. The Morgan fingerprint density at radius 2 is 0.870 bits per heavy atom. The van der Waals surface area contributed by atoms with Crippen molar-refractivity contribution in [2.24, 2.45) is 52.3 Å². The summed E-state index contributed by atoms with van der Waals surface area (Å²) in [4.78, 5) is 266. The molecule has 0 radical (unpaired) electrons. The van der Waals surface area contributed by atoms with Crippen LogP contribution >= 0.6 is 11.8 Å². The van der Waals surface area contributed by atoms with Gasteiger partial charge in [0.1, 0.15) is 89.6 Å².